The Morgan fingerprint density at radius 3 is 2.58 bits per heavy atom. The van der Waals surface area contributed by atoms with E-state index in [0.717, 1.165) is 44.6 Å². The van der Waals surface area contributed by atoms with Crippen molar-refractivity contribution in [2.75, 3.05) is 26.7 Å². The van der Waals surface area contributed by atoms with Gasteiger partial charge in [-0.2, -0.15) is 5.10 Å². The molecule has 1 amide bonds. The number of hydrogen-bond acceptors (Lipinski definition) is 5. The van der Waals surface area contributed by atoms with Crippen molar-refractivity contribution in [3.05, 3.63) is 87.9 Å². The van der Waals surface area contributed by atoms with Gasteiger partial charge in [0.15, 0.2) is 5.69 Å². The van der Waals surface area contributed by atoms with Gasteiger partial charge in [-0.15, -0.1) is 0 Å². The summed E-state index contributed by atoms with van der Waals surface area (Å²) in [6.45, 7) is 4.33. The van der Waals surface area contributed by atoms with E-state index in [9.17, 15) is 14.0 Å². The molecule has 0 N–H and O–H groups in total. The Morgan fingerprint density at radius 1 is 1.15 bits per heavy atom. The van der Waals surface area contributed by atoms with Crippen LogP contribution in [0.4, 0.5) is 4.39 Å². The molecule has 1 aliphatic heterocycles. The summed E-state index contributed by atoms with van der Waals surface area (Å²) in [7, 11) is 1.71. The zero-order valence-corrected chi connectivity index (χ0v) is 18.9. The van der Waals surface area contributed by atoms with Gasteiger partial charge in [0.25, 0.3) is 5.91 Å². The van der Waals surface area contributed by atoms with Crippen LogP contribution in [0.3, 0.4) is 0 Å². The van der Waals surface area contributed by atoms with E-state index in [1.54, 1.807) is 43.3 Å². The van der Waals surface area contributed by atoms with Gasteiger partial charge in [-0.1, -0.05) is 18.2 Å². The van der Waals surface area contributed by atoms with E-state index in [4.69, 9.17) is 0 Å². The molecule has 0 saturated carbocycles. The molecule has 3 heterocycles. The lowest BCUT2D eigenvalue weighted by molar-refractivity contribution is 0.0634. The summed E-state index contributed by atoms with van der Waals surface area (Å²) in [5.41, 5.74) is 1.09. The van der Waals surface area contributed by atoms with Gasteiger partial charge in [-0.25, -0.2) is 9.07 Å². The zero-order valence-electron chi connectivity index (χ0n) is 18.9. The van der Waals surface area contributed by atoms with Crippen molar-refractivity contribution in [1.29, 1.82) is 0 Å². The van der Waals surface area contributed by atoms with E-state index in [1.807, 2.05) is 18.2 Å². The summed E-state index contributed by atoms with van der Waals surface area (Å²) < 4.78 is 15.6. The number of para-hydroxylation sites is 1. The van der Waals surface area contributed by atoms with E-state index in [1.165, 1.54) is 16.8 Å². The molecule has 4 rings (SSSR count). The Balaban J connectivity index is 1.43. The minimum atomic E-state index is -0.471. The topological polar surface area (TPSA) is 71.3 Å². The standard InChI is InChI=1S/C25H28FN5O2/c1-18-17-23(32)24(28-31(18)22-9-4-3-8-21(22)26)25(33)29(2)20-11-15-30(16-12-20)14-10-19-7-5-6-13-27-19/h3-9,13,17,20H,10-12,14-16H2,1-2H3. The fourth-order valence-corrected chi connectivity index (χ4v) is 4.24. The Hall–Kier alpha value is -3.39. The van der Waals surface area contributed by atoms with Crippen molar-refractivity contribution in [3.63, 3.8) is 0 Å². The van der Waals surface area contributed by atoms with Crippen LogP contribution in [0.5, 0.6) is 0 Å². The fourth-order valence-electron chi connectivity index (χ4n) is 4.24. The van der Waals surface area contributed by atoms with Gasteiger partial charge >= 0.3 is 0 Å². The van der Waals surface area contributed by atoms with Gasteiger partial charge in [-0.3, -0.25) is 14.6 Å². The van der Waals surface area contributed by atoms with Crippen LogP contribution in [-0.2, 0) is 6.42 Å². The molecule has 0 atom stereocenters. The molecular weight excluding hydrogens is 421 g/mol. The van der Waals surface area contributed by atoms with Crippen LogP contribution in [0.1, 0.15) is 34.7 Å². The number of amides is 1. The molecule has 3 aromatic rings. The maximum absolute atomic E-state index is 14.3. The summed E-state index contributed by atoms with van der Waals surface area (Å²) in [5, 5.41) is 4.25. The quantitative estimate of drug-likeness (QED) is 0.579. The number of hydrogen-bond donors (Lipinski definition) is 0. The number of nitrogens with zero attached hydrogens (tertiary/aromatic N) is 5. The number of likely N-dealkylation sites (tertiary alicyclic amines) is 1. The molecule has 1 fully saturated rings. The summed E-state index contributed by atoms with van der Waals surface area (Å²) in [6, 6.07) is 13.5. The second-order valence-electron chi connectivity index (χ2n) is 8.42. The lowest BCUT2D eigenvalue weighted by Crippen LogP contribution is -2.47. The number of halogens is 1. The SMILES string of the molecule is Cc1cc(=O)c(C(=O)N(C)C2CCN(CCc3ccccn3)CC2)nn1-c1ccccc1F. The first kappa shape index (κ1) is 22.8. The third-order valence-electron chi connectivity index (χ3n) is 6.23. The lowest BCUT2D eigenvalue weighted by Gasteiger charge is -2.36. The first-order valence-electron chi connectivity index (χ1n) is 11.2. The maximum atomic E-state index is 14.3. The van der Waals surface area contributed by atoms with Gasteiger partial charge in [0, 0.05) is 62.8 Å². The number of carbonyl (C=O) groups excluding carboxylic acids is 1. The predicted octanol–water partition coefficient (Wildman–Crippen LogP) is 2.85. The molecule has 172 valence electrons. The molecule has 1 aromatic carbocycles. The van der Waals surface area contributed by atoms with Crippen molar-refractivity contribution in [2.24, 2.45) is 0 Å². The fraction of sp³-hybridized carbons (Fsp3) is 0.360. The van der Waals surface area contributed by atoms with Gasteiger partial charge in [0.1, 0.15) is 11.5 Å². The third kappa shape index (κ3) is 5.17. The van der Waals surface area contributed by atoms with E-state index in [2.05, 4.69) is 15.0 Å². The van der Waals surface area contributed by atoms with Crippen LogP contribution in [0.25, 0.3) is 5.69 Å². The second kappa shape index (κ2) is 10.0. The first-order valence-corrected chi connectivity index (χ1v) is 11.2. The van der Waals surface area contributed by atoms with Gasteiger partial charge in [0.05, 0.1) is 0 Å². The summed E-state index contributed by atoms with van der Waals surface area (Å²) >= 11 is 0. The largest absolute Gasteiger partial charge is 0.337 e. The number of piperidine rings is 1. The molecule has 1 saturated heterocycles. The number of aromatic nitrogens is 3. The van der Waals surface area contributed by atoms with E-state index in [0.29, 0.717) is 5.69 Å². The van der Waals surface area contributed by atoms with Gasteiger partial charge in [0.2, 0.25) is 5.43 Å². The second-order valence-corrected chi connectivity index (χ2v) is 8.42. The van der Waals surface area contributed by atoms with Crippen molar-refractivity contribution >= 4 is 5.91 Å². The predicted molar refractivity (Wildman–Crippen MR) is 124 cm³/mol. The molecule has 0 spiro atoms. The average molecular weight is 450 g/mol. The van der Waals surface area contributed by atoms with Crippen molar-refractivity contribution in [2.45, 2.75) is 32.2 Å². The molecule has 0 aliphatic carbocycles. The average Bonchev–Trinajstić information content (AvgIpc) is 2.84. The molecular formula is C25H28FN5O2. The molecule has 33 heavy (non-hydrogen) atoms. The highest BCUT2D eigenvalue weighted by atomic mass is 19.1. The first-order chi connectivity index (χ1) is 15.9. The van der Waals surface area contributed by atoms with E-state index in [-0.39, 0.29) is 17.4 Å². The monoisotopic (exact) mass is 449 g/mol. The Kier molecular flexibility index (Phi) is 6.93. The van der Waals surface area contributed by atoms with Gasteiger partial charge < -0.3 is 9.80 Å². The van der Waals surface area contributed by atoms with Crippen LogP contribution in [0.2, 0.25) is 0 Å². The van der Waals surface area contributed by atoms with Crippen LogP contribution < -0.4 is 5.43 Å². The highest BCUT2D eigenvalue weighted by Gasteiger charge is 2.28. The minimum Gasteiger partial charge on any atom is -0.337 e. The molecule has 7 nitrogen and oxygen atoms in total. The van der Waals surface area contributed by atoms with Crippen LogP contribution in [-0.4, -0.2) is 63.2 Å². The van der Waals surface area contributed by atoms with Crippen LogP contribution >= 0.6 is 0 Å². The Bertz CT molecular complexity index is 1170. The van der Waals surface area contributed by atoms with Crippen LogP contribution in [0.15, 0.2) is 59.5 Å². The van der Waals surface area contributed by atoms with Gasteiger partial charge in [-0.05, 0) is 44.0 Å². The number of pyridine rings is 1. The number of rotatable bonds is 6. The Labute approximate surface area is 192 Å². The summed E-state index contributed by atoms with van der Waals surface area (Å²) in [6.07, 6.45) is 4.33. The van der Waals surface area contributed by atoms with Crippen LogP contribution in [0, 0.1) is 12.7 Å². The smallest absolute Gasteiger partial charge is 0.278 e. The zero-order chi connectivity index (χ0) is 23.4. The molecule has 8 heteroatoms. The number of benzene rings is 1. The maximum Gasteiger partial charge on any atom is 0.278 e. The van der Waals surface area contributed by atoms with E-state index < -0.39 is 17.2 Å². The minimum absolute atomic E-state index is 0.0213. The number of aryl methyl sites for hydroxylation is 1. The number of carbonyl (C=O) groups is 1. The van der Waals surface area contributed by atoms with Crippen molar-refractivity contribution < 1.29 is 9.18 Å². The van der Waals surface area contributed by atoms with E-state index >= 15 is 0 Å². The Morgan fingerprint density at radius 2 is 1.88 bits per heavy atom. The summed E-state index contributed by atoms with van der Waals surface area (Å²) in [4.78, 5) is 34.1. The molecule has 1 aliphatic rings. The highest BCUT2D eigenvalue weighted by molar-refractivity contribution is 5.92. The molecule has 0 radical (unpaired) electrons. The highest BCUT2D eigenvalue weighted by Crippen LogP contribution is 2.18. The van der Waals surface area contributed by atoms with Crippen molar-refractivity contribution in [3.8, 4) is 5.69 Å². The molecule has 2 aromatic heterocycles. The lowest BCUT2D eigenvalue weighted by atomic mass is 10.0. The molecule has 0 bridgehead atoms. The third-order valence-corrected chi connectivity index (χ3v) is 6.23. The summed E-state index contributed by atoms with van der Waals surface area (Å²) in [5.74, 6) is -0.904. The molecule has 0 unspecified atom stereocenters. The van der Waals surface area contributed by atoms with Crippen molar-refractivity contribution in [1.82, 2.24) is 24.6 Å². The normalized spacial score (nSPS) is 14.9.